The third-order valence-electron chi connectivity index (χ3n) is 5.68. The monoisotopic (exact) mass is 469 g/mol. The molecule has 1 fully saturated rings. The van der Waals surface area contributed by atoms with Gasteiger partial charge in [-0.05, 0) is 25.7 Å². The normalized spacial score (nSPS) is 17.7. The zero-order valence-electron chi connectivity index (χ0n) is 18.8. The molecule has 32 heavy (non-hydrogen) atoms. The van der Waals surface area contributed by atoms with Crippen LogP contribution >= 0.6 is 0 Å². The van der Waals surface area contributed by atoms with E-state index in [9.17, 15) is 22.8 Å². The van der Waals surface area contributed by atoms with Gasteiger partial charge in [-0.1, -0.05) is 20.3 Å². The zero-order chi connectivity index (χ0) is 23.5. The van der Waals surface area contributed by atoms with E-state index in [1.54, 1.807) is 4.57 Å². The summed E-state index contributed by atoms with van der Waals surface area (Å²) in [4.78, 5) is 44.4. The third kappa shape index (κ3) is 5.12. The fourth-order valence-corrected chi connectivity index (χ4v) is 4.92. The average molecular weight is 470 g/mol. The molecular weight excluding hydrogens is 438 g/mol. The van der Waals surface area contributed by atoms with Crippen LogP contribution in [0.2, 0.25) is 0 Å². The first-order valence-electron chi connectivity index (χ1n) is 11.0. The lowest BCUT2D eigenvalue weighted by molar-refractivity contribution is -0.151. The lowest BCUT2D eigenvalue weighted by Crippen LogP contribution is -2.42. The molecule has 3 heterocycles. The Balaban J connectivity index is 1.87. The number of rotatable bonds is 9. The molecule has 12 heteroatoms. The molecule has 0 amide bonds. The van der Waals surface area contributed by atoms with Crippen molar-refractivity contribution in [1.29, 1.82) is 0 Å². The SMILES string of the molecule is CCCCn1c(=O)[nH]c(=O)c2c1nc(COC(=O)[C@@H]1CCCN(S(C)(=O)=O)C1)n2CCC. The smallest absolute Gasteiger partial charge is 0.330 e. The van der Waals surface area contributed by atoms with Crippen molar-refractivity contribution >= 4 is 27.2 Å². The average Bonchev–Trinajstić information content (AvgIpc) is 3.10. The number of H-pyrrole nitrogens is 1. The molecule has 0 saturated carbocycles. The van der Waals surface area contributed by atoms with Gasteiger partial charge in [0.1, 0.15) is 12.4 Å². The number of nitrogens with zero attached hydrogens (tertiary/aromatic N) is 4. The Labute approximate surface area is 186 Å². The molecule has 1 aliphatic heterocycles. The van der Waals surface area contributed by atoms with Crippen molar-refractivity contribution < 1.29 is 17.9 Å². The lowest BCUT2D eigenvalue weighted by Gasteiger charge is -2.29. The van der Waals surface area contributed by atoms with Crippen LogP contribution in [0.3, 0.4) is 0 Å². The van der Waals surface area contributed by atoms with Crippen LogP contribution in [0.4, 0.5) is 0 Å². The number of aromatic amines is 1. The van der Waals surface area contributed by atoms with Gasteiger partial charge in [0.2, 0.25) is 10.0 Å². The van der Waals surface area contributed by atoms with Gasteiger partial charge in [0, 0.05) is 26.2 Å². The first kappa shape index (κ1) is 24.2. The number of imidazole rings is 1. The fourth-order valence-electron chi connectivity index (χ4n) is 4.01. The largest absolute Gasteiger partial charge is 0.457 e. The molecular formula is C20H31N5O6S. The topological polar surface area (TPSA) is 136 Å². The van der Waals surface area contributed by atoms with E-state index >= 15 is 0 Å². The number of hydrogen-bond acceptors (Lipinski definition) is 7. The van der Waals surface area contributed by atoms with E-state index in [4.69, 9.17) is 4.74 Å². The van der Waals surface area contributed by atoms with Gasteiger partial charge < -0.3 is 9.30 Å². The minimum Gasteiger partial charge on any atom is -0.457 e. The maximum Gasteiger partial charge on any atom is 0.330 e. The quantitative estimate of drug-likeness (QED) is 0.537. The number of fused-ring (bicyclic) bond motifs is 1. The summed E-state index contributed by atoms with van der Waals surface area (Å²) in [7, 11) is -3.37. The van der Waals surface area contributed by atoms with Gasteiger partial charge >= 0.3 is 11.7 Å². The highest BCUT2D eigenvalue weighted by atomic mass is 32.2. The van der Waals surface area contributed by atoms with Crippen molar-refractivity contribution in [2.45, 2.75) is 65.6 Å². The summed E-state index contributed by atoms with van der Waals surface area (Å²) in [6.45, 7) is 5.18. The van der Waals surface area contributed by atoms with Crippen molar-refractivity contribution in [1.82, 2.24) is 23.4 Å². The van der Waals surface area contributed by atoms with Crippen molar-refractivity contribution in [3.8, 4) is 0 Å². The predicted molar refractivity (Wildman–Crippen MR) is 119 cm³/mol. The van der Waals surface area contributed by atoms with E-state index < -0.39 is 33.2 Å². The Kier molecular flexibility index (Phi) is 7.55. The van der Waals surface area contributed by atoms with Crippen LogP contribution < -0.4 is 11.2 Å². The summed E-state index contributed by atoms with van der Waals surface area (Å²) in [5.74, 6) is -0.660. The molecule has 1 aliphatic rings. The van der Waals surface area contributed by atoms with E-state index in [1.807, 2.05) is 13.8 Å². The van der Waals surface area contributed by atoms with Crippen molar-refractivity contribution in [2.24, 2.45) is 5.92 Å². The number of unbranched alkanes of at least 4 members (excludes halogenated alkanes) is 1. The number of hydrogen-bond donors (Lipinski definition) is 1. The van der Waals surface area contributed by atoms with Crippen molar-refractivity contribution in [2.75, 3.05) is 19.3 Å². The molecule has 1 N–H and O–H groups in total. The molecule has 3 rings (SSSR count). The van der Waals surface area contributed by atoms with Gasteiger partial charge in [-0.3, -0.25) is 19.1 Å². The first-order chi connectivity index (χ1) is 15.2. The summed E-state index contributed by atoms with van der Waals surface area (Å²) >= 11 is 0. The number of piperidine rings is 1. The highest BCUT2D eigenvalue weighted by molar-refractivity contribution is 7.88. The highest BCUT2D eigenvalue weighted by Gasteiger charge is 2.31. The van der Waals surface area contributed by atoms with Crippen molar-refractivity contribution in [3.05, 3.63) is 26.7 Å². The minimum atomic E-state index is -3.37. The summed E-state index contributed by atoms with van der Waals surface area (Å²) in [5, 5.41) is 0. The molecule has 2 aromatic heterocycles. The number of aryl methyl sites for hydroxylation is 2. The van der Waals surface area contributed by atoms with E-state index in [1.165, 1.54) is 8.87 Å². The van der Waals surface area contributed by atoms with Crippen LogP contribution in [0.1, 0.15) is 51.8 Å². The Bertz CT molecular complexity index is 1200. The predicted octanol–water partition coefficient (Wildman–Crippen LogP) is 0.811. The first-order valence-corrected chi connectivity index (χ1v) is 12.9. The summed E-state index contributed by atoms with van der Waals surface area (Å²) < 4.78 is 33.6. The summed E-state index contributed by atoms with van der Waals surface area (Å²) in [5.41, 5.74) is -0.460. The summed E-state index contributed by atoms with van der Waals surface area (Å²) in [6, 6.07) is 0. The van der Waals surface area contributed by atoms with Crippen LogP contribution in [-0.4, -0.2) is 57.1 Å². The zero-order valence-corrected chi connectivity index (χ0v) is 19.6. The maximum absolute atomic E-state index is 12.7. The Morgan fingerprint density at radius 1 is 1.19 bits per heavy atom. The van der Waals surface area contributed by atoms with Gasteiger partial charge in [-0.15, -0.1) is 0 Å². The molecule has 1 saturated heterocycles. The van der Waals surface area contributed by atoms with Gasteiger partial charge in [0.25, 0.3) is 5.56 Å². The molecule has 0 aliphatic carbocycles. The van der Waals surface area contributed by atoms with Gasteiger partial charge in [0.05, 0.1) is 12.2 Å². The summed E-state index contributed by atoms with van der Waals surface area (Å²) in [6.07, 6.45) is 4.60. The molecule has 0 unspecified atom stereocenters. The van der Waals surface area contributed by atoms with E-state index in [-0.39, 0.29) is 24.3 Å². The number of aromatic nitrogens is 4. The van der Waals surface area contributed by atoms with Gasteiger partial charge in [-0.25, -0.2) is 22.5 Å². The van der Waals surface area contributed by atoms with E-state index in [0.717, 1.165) is 19.1 Å². The van der Waals surface area contributed by atoms with Crippen LogP contribution in [0, 0.1) is 5.92 Å². The molecule has 2 aromatic rings. The molecule has 0 spiro atoms. The number of carbonyl (C=O) groups excluding carboxylic acids is 1. The van der Waals surface area contributed by atoms with Gasteiger partial charge in [0.15, 0.2) is 11.2 Å². The minimum absolute atomic E-state index is 0.0965. The fraction of sp³-hybridized carbons (Fsp3) is 0.700. The number of esters is 1. The number of ether oxygens (including phenoxy) is 1. The maximum atomic E-state index is 12.7. The molecule has 11 nitrogen and oxygen atoms in total. The number of nitrogens with one attached hydrogen (secondary N) is 1. The van der Waals surface area contributed by atoms with E-state index in [0.29, 0.717) is 44.7 Å². The van der Waals surface area contributed by atoms with Crippen LogP contribution in [-0.2, 0) is 39.3 Å². The lowest BCUT2D eigenvalue weighted by atomic mass is 10.0. The molecule has 0 bridgehead atoms. The highest BCUT2D eigenvalue weighted by Crippen LogP contribution is 2.21. The van der Waals surface area contributed by atoms with Crippen LogP contribution in [0.15, 0.2) is 9.59 Å². The Morgan fingerprint density at radius 3 is 2.59 bits per heavy atom. The number of carbonyl (C=O) groups is 1. The number of sulfonamides is 1. The Morgan fingerprint density at radius 2 is 1.94 bits per heavy atom. The van der Waals surface area contributed by atoms with Crippen molar-refractivity contribution in [3.63, 3.8) is 0 Å². The molecule has 0 aromatic carbocycles. The van der Waals surface area contributed by atoms with Crippen LogP contribution in [0.25, 0.3) is 11.2 Å². The second-order valence-corrected chi connectivity index (χ2v) is 10.2. The molecule has 178 valence electrons. The second kappa shape index (κ2) is 9.99. The second-order valence-electron chi connectivity index (χ2n) is 8.18. The Hall–Kier alpha value is -2.47. The standard InChI is InChI=1S/C20H31N5O6S/c1-4-6-11-25-17-16(18(26)22-20(25)28)24(9-5-2)15(21-17)13-31-19(27)14-8-7-10-23(12-14)32(3,29)30/h14H,4-13H2,1-3H3,(H,22,26,28)/t14-/m1/s1. The third-order valence-corrected chi connectivity index (χ3v) is 6.95. The van der Waals surface area contributed by atoms with Crippen LogP contribution in [0.5, 0.6) is 0 Å². The molecule has 0 radical (unpaired) electrons. The molecule has 1 atom stereocenters. The van der Waals surface area contributed by atoms with Gasteiger partial charge in [-0.2, -0.15) is 0 Å². The van der Waals surface area contributed by atoms with E-state index in [2.05, 4.69) is 9.97 Å².